The average molecular weight is 413 g/mol. The van der Waals surface area contributed by atoms with Gasteiger partial charge in [0.2, 0.25) is 5.91 Å². The van der Waals surface area contributed by atoms with Gasteiger partial charge in [-0.1, -0.05) is 26.0 Å². The van der Waals surface area contributed by atoms with Crippen LogP contribution in [0, 0.1) is 11.7 Å². The molecule has 2 aromatic rings. The third-order valence-corrected chi connectivity index (χ3v) is 5.74. The van der Waals surface area contributed by atoms with Gasteiger partial charge in [-0.25, -0.2) is 4.39 Å². The Balaban J connectivity index is 1.71. The molecule has 6 heteroatoms. The maximum absolute atomic E-state index is 13.2. The maximum Gasteiger partial charge on any atom is 0.222 e. The molecule has 162 valence electrons. The summed E-state index contributed by atoms with van der Waals surface area (Å²) in [5.74, 6) is -0.161. The smallest absolute Gasteiger partial charge is 0.222 e. The van der Waals surface area contributed by atoms with Crippen LogP contribution < -0.4 is 15.1 Å². The van der Waals surface area contributed by atoms with Gasteiger partial charge in [-0.15, -0.1) is 0 Å². The van der Waals surface area contributed by atoms with Crippen LogP contribution in [-0.2, 0) is 4.79 Å². The second kappa shape index (κ2) is 9.94. The van der Waals surface area contributed by atoms with Gasteiger partial charge in [0.1, 0.15) is 5.82 Å². The molecule has 1 saturated heterocycles. The molecule has 3 rings (SSSR count). The quantitative estimate of drug-likeness (QED) is 0.755. The number of hydrogen-bond donors (Lipinski definition) is 1. The van der Waals surface area contributed by atoms with E-state index in [1.807, 2.05) is 40.1 Å². The minimum Gasteiger partial charge on any atom is -0.378 e. The fourth-order valence-corrected chi connectivity index (χ4v) is 3.80. The van der Waals surface area contributed by atoms with Crippen LogP contribution in [0.1, 0.15) is 25.5 Å². The summed E-state index contributed by atoms with van der Waals surface area (Å²) in [6.45, 7) is 7.93. The van der Waals surface area contributed by atoms with Crippen LogP contribution in [-0.4, -0.2) is 57.6 Å². The third kappa shape index (κ3) is 5.51. The number of benzene rings is 2. The molecule has 30 heavy (non-hydrogen) atoms. The van der Waals surface area contributed by atoms with Crippen molar-refractivity contribution in [2.75, 3.05) is 56.6 Å². The summed E-state index contributed by atoms with van der Waals surface area (Å²) >= 11 is 0. The van der Waals surface area contributed by atoms with Crippen LogP contribution in [0.4, 0.5) is 15.8 Å². The summed E-state index contributed by atoms with van der Waals surface area (Å²) in [6, 6.07) is 15.4. The number of nitrogens with one attached hydrogen (secondary N) is 1. The van der Waals surface area contributed by atoms with Gasteiger partial charge in [0.15, 0.2) is 0 Å². The van der Waals surface area contributed by atoms with Gasteiger partial charge >= 0.3 is 0 Å². The zero-order chi connectivity index (χ0) is 21.7. The number of halogens is 1. The summed E-state index contributed by atoms with van der Waals surface area (Å²) in [4.78, 5) is 19.0. The van der Waals surface area contributed by atoms with Crippen LogP contribution in [0.25, 0.3) is 0 Å². The van der Waals surface area contributed by atoms with Gasteiger partial charge in [-0.2, -0.15) is 0 Å². The van der Waals surface area contributed by atoms with Crippen molar-refractivity contribution >= 4 is 17.3 Å². The molecule has 5 nitrogen and oxygen atoms in total. The van der Waals surface area contributed by atoms with Gasteiger partial charge < -0.3 is 15.1 Å². The molecule has 1 amide bonds. The van der Waals surface area contributed by atoms with E-state index in [-0.39, 0.29) is 23.7 Å². The molecule has 1 N–H and O–H groups in total. The summed E-state index contributed by atoms with van der Waals surface area (Å²) < 4.78 is 13.2. The van der Waals surface area contributed by atoms with Crippen molar-refractivity contribution in [3.63, 3.8) is 0 Å². The summed E-state index contributed by atoms with van der Waals surface area (Å²) in [7, 11) is 4.06. The number of rotatable bonds is 7. The van der Waals surface area contributed by atoms with Gasteiger partial charge in [0.25, 0.3) is 0 Å². The molecule has 0 spiro atoms. The highest BCUT2D eigenvalue weighted by atomic mass is 19.1. The van der Waals surface area contributed by atoms with E-state index in [0.29, 0.717) is 6.54 Å². The lowest BCUT2D eigenvalue weighted by Crippen LogP contribution is -2.50. The lowest BCUT2D eigenvalue weighted by Gasteiger charge is -2.40. The summed E-state index contributed by atoms with van der Waals surface area (Å²) in [5, 5.41) is 3.12. The summed E-state index contributed by atoms with van der Waals surface area (Å²) in [5.41, 5.74) is 3.42. The fraction of sp³-hybridized carbons (Fsp3) is 0.458. The van der Waals surface area contributed by atoms with E-state index >= 15 is 0 Å². The summed E-state index contributed by atoms with van der Waals surface area (Å²) in [6.07, 6.45) is 0. The minimum absolute atomic E-state index is 0.0305. The number of anilines is 2. The predicted octanol–water partition coefficient (Wildman–Crippen LogP) is 3.53. The first-order valence-electron chi connectivity index (χ1n) is 10.6. The van der Waals surface area contributed by atoms with Crippen molar-refractivity contribution in [3.8, 4) is 0 Å². The van der Waals surface area contributed by atoms with Gasteiger partial charge in [0.05, 0.1) is 6.04 Å². The number of carbonyl (C=O) groups is 1. The van der Waals surface area contributed by atoms with Crippen molar-refractivity contribution in [2.45, 2.75) is 19.9 Å². The van der Waals surface area contributed by atoms with Crippen LogP contribution >= 0.6 is 0 Å². The zero-order valence-electron chi connectivity index (χ0n) is 18.4. The van der Waals surface area contributed by atoms with E-state index < -0.39 is 0 Å². The molecule has 0 bridgehead atoms. The first kappa shape index (κ1) is 22.1. The molecule has 0 aliphatic carbocycles. The third-order valence-electron chi connectivity index (χ3n) is 5.74. The van der Waals surface area contributed by atoms with E-state index in [1.54, 1.807) is 0 Å². The average Bonchev–Trinajstić information content (AvgIpc) is 2.75. The van der Waals surface area contributed by atoms with Crippen molar-refractivity contribution < 1.29 is 9.18 Å². The highest BCUT2D eigenvalue weighted by molar-refractivity contribution is 5.77. The topological polar surface area (TPSA) is 38.8 Å². The number of nitrogens with zero attached hydrogens (tertiary/aromatic N) is 3. The van der Waals surface area contributed by atoms with Crippen molar-refractivity contribution in [2.24, 2.45) is 5.92 Å². The van der Waals surface area contributed by atoms with Crippen molar-refractivity contribution in [1.29, 1.82) is 0 Å². The van der Waals surface area contributed by atoms with E-state index in [4.69, 9.17) is 0 Å². The Kier molecular flexibility index (Phi) is 7.32. The SMILES string of the molecule is CC(C)C(=O)NCC(c1ccc(N(C)C)cc1)N1CCN(c2ccc(F)cc2)CC1. The van der Waals surface area contributed by atoms with E-state index in [2.05, 4.69) is 44.3 Å². The molecule has 2 aromatic carbocycles. The largest absolute Gasteiger partial charge is 0.378 e. The van der Waals surface area contributed by atoms with E-state index in [1.165, 1.54) is 17.7 Å². The Bertz CT molecular complexity index is 812. The molecule has 1 atom stereocenters. The second-order valence-electron chi connectivity index (χ2n) is 8.40. The molecule has 1 aliphatic rings. The van der Waals surface area contributed by atoms with Gasteiger partial charge in [-0.05, 0) is 42.0 Å². The van der Waals surface area contributed by atoms with E-state index in [9.17, 15) is 9.18 Å². The number of piperazine rings is 1. The molecule has 0 aromatic heterocycles. The molecule has 1 fully saturated rings. The molecule has 1 unspecified atom stereocenters. The minimum atomic E-state index is -0.209. The fourth-order valence-electron chi connectivity index (χ4n) is 3.80. The van der Waals surface area contributed by atoms with Crippen LogP contribution in [0.2, 0.25) is 0 Å². The second-order valence-corrected chi connectivity index (χ2v) is 8.40. The lowest BCUT2D eigenvalue weighted by molar-refractivity contribution is -0.124. The standard InChI is InChI=1S/C24H33FN4O/c1-18(2)24(30)26-17-23(19-5-9-21(10-6-19)27(3)4)29-15-13-28(14-16-29)22-11-7-20(25)8-12-22/h5-12,18,23H,13-17H2,1-4H3,(H,26,30). The highest BCUT2D eigenvalue weighted by Crippen LogP contribution is 2.26. The van der Waals surface area contributed by atoms with Crippen LogP contribution in [0.15, 0.2) is 48.5 Å². The Morgan fingerprint density at radius 2 is 1.60 bits per heavy atom. The number of carbonyl (C=O) groups excluding carboxylic acids is 1. The van der Waals surface area contributed by atoms with E-state index in [0.717, 1.165) is 37.6 Å². The number of amides is 1. The molecule has 0 radical (unpaired) electrons. The monoisotopic (exact) mass is 412 g/mol. The molecule has 1 aliphatic heterocycles. The first-order valence-corrected chi connectivity index (χ1v) is 10.6. The molecule has 0 saturated carbocycles. The van der Waals surface area contributed by atoms with Gasteiger partial charge in [-0.3, -0.25) is 9.69 Å². The Labute approximate surface area is 179 Å². The lowest BCUT2D eigenvalue weighted by atomic mass is 10.0. The van der Waals surface area contributed by atoms with Gasteiger partial charge in [0, 0.05) is 64.1 Å². The number of hydrogen-bond acceptors (Lipinski definition) is 4. The maximum atomic E-state index is 13.2. The van der Waals surface area contributed by atoms with Crippen LogP contribution in [0.3, 0.4) is 0 Å². The first-order chi connectivity index (χ1) is 14.3. The molecule has 1 heterocycles. The predicted molar refractivity (Wildman–Crippen MR) is 122 cm³/mol. The van der Waals surface area contributed by atoms with Crippen molar-refractivity contribution in [3.05, 3.63) is 59.9 Å². The Hall–Kier alpha value is -2.60. The molecular formula is C24H33FN4O. The molecular weight excluding hydrogens is 379 g/mol. The highest BCUT2D eigenvalue weighted by Gasteiger charge is 2.26. The van der Waals surface area contributed by atoms with Crippen molar-refractivity contribution in [1.82, 2.24) is 10.2 Å². The van der Waals surface area contributed by atoms with Crippen LogP contribution in [0.5, 0.6) is 0 Å². The zero-order valence-corrected chi connectivity index (χ0v) is 18.4. The Morgan fingerprint density at radius 1 is 1.00 bits per heavy atom. The Morgan fingerprint density at radius 3 is 2.13 bits per heavy atom. The normalized spacial score (nSPS) is 15.9.